The molecule has 1 atom stereocenters. The third kappa shape index (κ3) is 6.99. The second-order valence-corrected chi connectivity index (χ2v) is 4.98. The summed E-state index contributed by atoms with van der Waals surface area (Å²) in [6, 6.07) is 0. The number of nitrogens with zero attached hydrogens (tertiary/aromatic N) is 1. The van der Waals surface area contributed by atoms with Crippen molar-refractivity contribution in [2.45, 2.75) is 58.5 Å². The molecule has 0 saturated carbocycles. The highest BCUT2D eigenvalue weighted by molar-refractivity contribution is 6.01. The van der Waals surface area contributed by atoms with Crippen molar-refractivity contribution in [3.8, 4) is 0 Å². The van der Waals surface area contributed by atoms with E-state index in [1.54, 1.807) is 0 Å². The minimum Gasteiger partial charge on any atom is -0.373 e. The van der Waals surface area contributed by atoms with Crippen LogP contribution >= 0.6 is 0 Å². The fraction of sp³-hybridized carbons (Fsp3) is 0.714. The van der Waals surface area contributed by atoms with Crippen LogP contribution in [0.5, 0.6) is 0 Å². The van der Waals surface area contributed by atoms with Crippen LogP contribution in [0.2, 0.25) is 0 Å². The van der Waals surface area contributed by atoms with Gasteiger partial charge in [0.15, 0.2) is 0 Å². The third-order valence-electron chi connectivity index (χ3n) is 2.84. The van der Waals surface area contributed by atoms with E-state index in [1.165, 1.54) is 0 Å². The average molecular weight is 299 g/mol. The molecule has 1 unspecified atom stereocenters. The van der Waals surface area contributed by atoms with E-state index in [1.807, 2.05) is 6.92 Å². The van der Waals surface area contributed by atoms with Crippen molar-refractivity contribution in [3.05, 3.63) is 0 Å². The lowest BCUT2D eigenvalue weighted by molar-refractivity contribution is -0.197. The summed E-state index contributed by atoms with van der Waals surface area (Å²) in [5.74, 6) is -1.77. The van der Waals surface area contributed by atoms with Crippen LogP contribution in [-0.2, 0) is 28.8 Å². The minimum absolute atomic E-state index is 0.0245. The van der Waals surface area contributed by atoms with Gasteiger partial charge in [0.25, 0.3) is 11.8 Å². The molecule has 21 heavy (non-hydrogen) atoms. The summed E-state index contributed by atoms with van der Waals surface area (Å²) in [6.45, 7) is 4.91. The fourth-order valence-corrected chi connectivity index (χ4v) is 1.55. The van der Waals surface area contributed by atoms with E-state index in [-0.39, 0.29) is 31.5 Å². The first kappa shape index (κ1) is 17.3. The van der Waals surface area contributed by atoms with Gasteiger partial charge in [-0.15, -0.1) is 5.06 Å². The number of imide groups is 1. The summed E-state index contributed by atoms with van der Waals surface area (Å²) in [4.78, 5) is 49.3. The SMILES string of the molecule is CC1CO1.CCCC(=O)CCC(=O)ON1C(=O)CCC1=O. The monoisotopic (exact) mass is 299 g/mol. The molecule has 2 rings (SSSR count). The maximum absolute atomic E-state index is 11.3. The highest BCUT2D eigenvalue weighted by Gasteiger charge is 2.32. The van der Waals surface area contributed by atoms with Gasteiger partial charge in [-0.05, 0) is 13.3 Å². The van der Waals surface area contributed by atoms with Gasteiger partial charge in [-0.25, -0.2) is 4.79 Å². The molecule has 0 aromatic heterocycles. The summed E-state index contributed by atoms with van der Waals surface area (Å²) in [5, 5.41) is 0.493. The Morgan fingerprint density at radius 1 is 1.19 bits per heavy atom. The van der Waals surface area contributed by atoms with Crippen molar-refractivity contribution in [3.63, 3.8) is 0 Å². The van der Waals surface area contributed by atoms with Crippen LogP contribution in [0.15, 0.2) is 0 Å². The predicted octanol–water partition coefficient (Wildman–Crippen LogP) is 1.15. The number of ether oxygens (including phenoxy) is 1. The molecular weight excluding hydrogens is 278 g/mol. The van der Waals surface area contributed by atoms with Gasteiger partial charge in [0.05, 0.1) is 19.1 Å². The van der Waals surface area contributed by atoms with Crippen LogP contribution in [-0.4, -0.2) is 41.3 Å². The first-order valence-corrected chi connectivity index (χ1v) is 7.14. The van der Waals surface area contributed by atoms with Crippen molar-refractivity contribution in [1.82, 2.24) is 5.06 Å². The standard InChI is InChI=1S/C11H15NO5.C3H6O/c1-2-3-8(13)4-7-11(16)17-12-9(14)5-6-10(12)15;1-3-2-4-3/h2-7H2,1H3;3H,2H2,1H3. The first-order chi connectivity index (χ1) is 9.93. The minimum atomic E-state index is -0.724. The van der Waals surface area contributed by atoms with Crippen LogP contribution in [0.25, 0.3) is 0 Å². The Hall–Kier alpha value is -1.76. The average Bonchev–Trinajstić information content (AvgIpc) is 3.16. The van der Waals surface area contributed by atoms with Gasteiger partial charge >= 0.3 is 5.97 Å². The summed E-state index contributed by atoms with van der Waals surface area (Å²) in [7, 11) is 0. The van der Waals surface area contributed by atoms with E-state index in [0.717, 1.165) is 13.0 Å². The Kier molecular flexibility index (Phi) is 7.01. The molecule has 2 aliphatic rings. The Morgan fingerprint density at radius 2 is 1.71 bits per heavy atom. The van der Waals surface area contributed by atoms with E-state index in [4.69, 9.17) is 4.74 Å². The third-order valence-corrected chi connectivity index (χ3v) is 2.84. The van der Waals surface area contributed by atoms with E-state index in [0.29, 0.717) is 17.6 Å². The largest absolute Gasteiger partial charge is 0.373 e. The molecule has 0 N–H and O–H groups in total. The van der Waals surface area contributed by atoms with E-state index in [9.17, 15) is 19.2 Å². The number of hydrogen-bond acceptors (Lipinski definition) is 6. The van der Waals surface area contributed by atoms with Gasteiger partial charge < -0.3 is 9.57 Å². The van der Waals surface area contributed by atoms with Crippen molar-refractivity contribution in [1.29, 1.82) is 0 Å². The Morgan fingerprint density at radius 3 is 2.14 bits per heavy atom. The van der Waals surface area contributed by atoms with Crippen LogP contribution in [0.4, 0.5) is 0 Å². The molecule has 0 aromatic carbocycles. The molecule has 2 saturated heterocycles. The van der Waals surface area contributed by atoms with Crippen molar-refractivity contribution >= 4 is 23.6 Å². The number of amides is 2. The van der Waals surface area contributed by atoms with Gasteiger partial charge in [0.2, 0.25) is 0 Å². The Labute approximate surface area is 123 Å². The number of carbonyl (C=O) groups excluding carboxylic acids is 4. The molecule has 7 heteroatoms. The molecule has 0 radical (unpaired) electrons. The highest BCUT2D eigenvalue weighted by Crippen LogP contribution is 2.13. The molecule has 0 spiro atoms. The zero-order valence-electron chi connectivity index (χ0n) is 12.4. The molecular formula is C14H21NO6. The maximum Gasteiger partial charge on any atom is 0.333 e. The number of hydroxylamine groups is 2. The number of Topliss-reactive ketones (excluding diaryl/α,β-unsaturated/α-hetero) is 1. The number of carbonyl (C=O) groups is 4. The molecule has 7 nitrogen and oxygen atoms in total. The van der Waals surface area contributed by atoms with E-state index >= 15 is 0 Å². The number of rotatable bonds is 6. The lowest BCUT2D eigenvalue weighted by Gasteiger charge is -2.12. The lowest BCUT2D eigenvalue weighted by atomic mass is 10.1. The molecule has 2 amide bonds. The lowest BCUT2D eigenvalue weighted by Crippen LogP contribution is -2.32. The molecule has 0 bridgehead atoms. The quantitative estimate of drug-likeness (QED) is 0.539. The van der Waals surface area contributed by atoms with Gasteiger partial charge in [0.1, 0.15) is 5.78 Å². The number of ketones is 1. The van der Waals surface area contributed by atoms with Gasteiger partial charge in [-0.1, -0.05) is 6.92 Å². The smallest absolute Gasteiger partial charge is 0.333 e. The second-order valence-electron chi connectivity index (χ2n) is 4.98. The molecule has 0 aromatic rings. The van der Waals surface area contributed by atoms with E-state index in [2.05, 4.69) is 11.8 Å². The van der Waals surface area contributed by atoms with Gasteiger partial charge in [-0.2, -0.15) is 0 Å². The van der Waals surface area contributed by atoms with E-state index < -0.39 is 17.8 Å². The summed E-state index contributed by atoms with van der Waals surface area (Å²) < 4.78 is 4.71. The van der Waals surface area contributed by atoms with Crippen LogP contribution < -0.4 is 0 Å². The Balaban J connectivity index is 0.000000471. The van der Waals surface area contributed by atoms with Crippen molar-refractivity contribution < 1.29 is 28.8 Å². The fourth-order valence-electron chi connectivity index (χ4n) is 1.55. The van der Waals surface area contributed by atoms with Crippen LogP contribution in [0.1, 0.15) is 52.4 Å². The second kappa shape index (κ2) is 8.51. The Bertz CT molecular complexity index is 400. The summed E-state index contributed by atoms with van der Waals surface area (Å²) in [6.07, 6.45) is 1.87. The number of hydrogen-bond donors (Lipinski definition) is 0. The molecule has 2 aliphatic heterocycles. The summed E-state index contributed by atoms with van der Waals surface area (Å²) in [5.41, 5.74) is 0. The molecule has 2 heterocycles. The van der Waals surface area contributed by atoms with Crippen LogP contribution in [0.3, 0.4) is 0 Å². The topological polar surface area (TPSA) is 93.3 Å². The van der Waals surface area contributed by atoms with Gasteiger partial charge in [0, 0.05) is 25.7 Å². The maximum atomic E-state index is 11.3. The molecule has 0 aliphatic carbocycles. The normalized spacial score (nSPS) is 19.9. The number of epoxide rings is 1. The van der Waals surface area contributed by atoms with Gasteiger partial charge in [-0.3, -0.25) is 14.4 Å². The molecule has 2 fully saturated rings. The first-order valence-electron chi connectivity index (χ1n) is 7.14. The summed E-state index contributed by atoms with van der Waals surface area (Å²) >= 11 is 0. The predicted molar refractivity (Wildman–Crippen MR) is 71.7 cm³/mol. The van der Waals surface area contributed by atoms with Crippen molar-refractivity contribution in [2.75, 3.05) is 6.61 Å². The van der Waals surface area contributed by atoms with Crippen LogP contribution in [0, 0.1) is 0 Å². The zero-order valence-corrected chi connectivity index (χ0v) is 12.4. The van der Waals surface area contributed by atoms with Crippen molar-refractivity contribution in [2.24, 2.45) is 0 Å². The molecule has 118 valence electrons. The highest BCUT2D eigenvalue weighted by atomic mass is 16.7. The zero-order chi connectivity index (χ0) is 15.8.